The van der Waals surface area contributed by atoms with Gasteiger partial charge in [0.15, 0.2) is 0 Å². The highest BCUT2D eigenvalue weighted by Gasteiger charge is 2.25. The van der Waals surface area contributed by atoms with Crippen molar-refractivity contribution in [1.82, 2.24) is 14.5 Å². The van der Waals surface area contributed by atoms with Gasteiger partial charge in [0, 0.05) is 39.1 Å². The standard InChI is InChI=1S/C8H18N4O3S.ClH/c1-10-3-2-8(13)11-4-6-12(7-5-11)16(9,14)15;/h10H,2-7H2,1H3,(H2,9,14,15);1H. The summed E-state index contributed by atoms with van der Waals surface area (Å²) in [7, 11) is -1.82. The van der Waals surface area contributed by atoms with Gasteiger partial charge in [0.1, 0.15) is 0 Å². The minimum Gasteiger partial charge on any atom is -0.340 e. The first-order valence-electron chi connectivity index (χ1n) is 5.15. The Hall–Kier alpha value is -0.410. The van der Waals surface area contributed by atoms with E-state index in [-0.39, 0.29) is 31.4 Å². The first-order valence-corrected chi connectivity index (χ1v) is 6.65. The summed E-state index contributed by atoms with van der Waals surface area (Å²) in [6.45, 7) is 2.03. The van der Waals surface area contributed by atoms with Crippen molar-refractivity contribution in [2.24, 2.45) is 5.14 Å². The molecule has 0 atom stereocenters. The van der Waals surface area contributed by atoms with Crippen LogP contribution in [0.3, 0.4) is 0 Å². The number of halogens is 1. The molecule has 0 saturated carbocycles. The van der Waals surface area contributed by atoms with Crippen LogP contribution in [0.15, 0.2) is 0 Å². The van der Waals surface area contributed by atoms with Gasteiger partial charge in [0.05, 0.1) is 0 Å². The van der Waals surface area contributed by atoms with E-state index in [1.807, 2.05) is 0 Å². The summed E-state index contributed by atoms with van der Waals surface area (Å²) in [4.78, 5) is 13.3. The Bertz CT molecular complexity index is 341. The molecule has 0 radical (unpaired) electrons. The van der Waals surface area contributed by atoms with E-state index < -0.39 is 10.2 Å². The number of nitrogens with zero attached hydrogens (tertiary/aromatic N) is 2. The monoisotopic (exact) mass is 286 g/mol. The van der Waals surface area contributed by atoms with Gasteiger partial charge in [-0.15, -0.1) is 12.4 Å². The quantitative estimate of drug-likeness (QED) is 0.648. The highest BCUT2D eigenvalue weighted by molar-refractivity contribution is 7.86. The molecule has 1 heterocycles. The fourth-order valence-electron chi connectivity index (χ4n) is 1.58. The Morgan fingerprint density at radius 2 is 1.82 bits per heavy atom. The highest BCUT2D eigenvalue weighted by atomic mass is 35.5. The molecule has 17 heavy (non-hydrogen) atoms. The zero-order valence-corrected chi connectivity index (χ0v) is 11.4. The predicted molar refractivity (Wildman–Crippen MR) is 67.1 cm³/mol. The number of rotatable bonds is 4. The molecule has 0 aliphatic carbocycles. The van der Waals surface area contributed by atoms with E-state index in [1.54, 1.807) is 11.9 Å². The highest BCUT2D eigenvalue weighted by Crippen LogP contribution is 2.05. The van der Waals surface area contributed by atoms with E-state index in [9.17, 15) is 13.2 Å². The van der Waals surface area contributed by atoms with E-state index in [1.165, 1.54) is 4.31 Å². The topological polar surface area (TPSA) is 95.7 Å². The summed E-state index contributed by atoms with van der Waals surface area (Å²) in [5.74, 6) is 0.0448. The Kier molecular flexibility index (Phi) is 6.95. The molecule has 3 N–H and O–H groups in total. The molecule has 1 aliphatic rings. The number of amides is 1. The van der Waals surface area contributed by atoms with Crippen molar-refractivity contribution in [2.45, 2.75) is 6.42 Å². The molecule has 7 nitrogen and oxygen atoms in total. The average Bonchev–Trinajstić information content (AvgIpc) is 2.25. The molecule has 1 fully saturated rings. The molecule has 0 bridgehead atoms. The molecule has 1 rings (SSSR count). The van der Waals surface area contributed by atoms with E-state index in [0.717, 1.165) is 0 Å². The fraction of sp³-hybridized carbons (Fsp3) is 0.875. The molecule has 0 unspecified atom stereocenters. The van der Waals surface area contributed by atoms with Gasteiger partial charge in [0.25, 0.3) is 10.2 Å². The lowest BCUT2D eigenvalue weighted by atomic mass is 10.3. The summed E-state index contributed by atoms with van der Waals surface area (Å²) >= 11 is 0. The number of carbonyl (C=O) groups is 1. The average molecular weight is 287 g/mol. The van der Waals surface area contributed by atoms with Gasteiger partial charge in [-0.1, -0.05) is 0 Å². The van der Waals surface area contributed by atoms with E-state index in [2.05, 4.69) is 5.32 Å². The number of hydrogen-bond donors (Lipinski definition) is 2. The number of hydrogen-bond acceptors (Lipinski definition) is 4. The Morgan fingerprint density at radius 1 is 1.29 bits per heavy atom. The minimum absolute atomic E-state index is 0. The Labute approximate surface area is 108 Å². The molecule has 0 aromatic carbocycles. The lowest BCUT2D eigenvalue weighted by molar-refractivity contribution is -0.132. The number of nitrogens with two attached hydrogens (primary N) is 1. The lowest BCUT2D eigenvalue weighted by Crippen LogP contribution is -2.52. The van der Waals surface area contributed by atoms with Gasteiger partial charge >= 0.3 is 0 Å². The normalized spacial score (nSPS) is 17.6. The van der Waals surface area contributed by atoms with Crippen LogP contribution in [-0.4, -0.2) is 63.3 Å². The van der Waals surface area contributed by atoms with Gasteiger partial charge in [0.2, 0.25) is 5.91 Å². The van der Waals surface area contributed by atoms with Crippen LogP contribution in [0.25, 0.3) is 0 Å². The molecule has 1 saturated heterocycles. The van der Waals surface area contributed by atoms with E-state index in [4.69, 9.17) is 5.14 Å². The van der Waals surface area contributed by atoms with Crippen LogP contribution in [0.2, 0.25) is 0 Å². The first kappa shape index (κ1) is 16.6. The van der Waals surface area contributed by atoms with Crippen molar-refractivity contribution in [3.05, 3.63) is 0 Å². The largest absolute Gasteiger partial charge is 0.340 e. The second kappa shape index (κ2) is 7.12. The molecule has 0 aromatic heterocycles. The number of carbonyl (C=O) groups excluding carboxylic acids is 1. The summed E-state index contributed by atoms with van der Waals surface area (Å²) in [5, 5.41) is 7.89. The van der Waals surface area contributed by atoms with Crippen molar-refractivity contribution >= 4 is 28.5 Å². The summed E-state index contributed by atoms with van der Waals surface area (Å²) in [6, 6.07) is 0. The third kappa shape index (κ3) is 5.17. The summed E-state index contributed by atoms with van der Waals surface area (Å²) in [5.41, 5.74) is 0. The molecule has 0 aromatic rings. The van der Waals surface area contributed by atoms with Gasteiger partial charge in [-0.2, -0.15) is 12.7 Å². The molecule has 9 heteroatoms. The lowest BCUT2D eigenvalue weighted by Gasteiger charge is -2.32. The number of nitrogens with one attached hydrogen (secondary N) is 1. The van der Waals surface area contributed by atoms with Crippen molar-refractivity contribution in [3.63, 3.8) is 0 Å². The van der Waals surface area contributed by atoms with Crippen LogP contribution in [0.4, 0.5) is 0 Å². The van der Waals surface area contributed by atoms with Gasteiger partial charge in [-0.25, -0.2) is 5.14 Å². The second-order valence-corrected chi connectivity index (χ2v) is 5.22. The predicted octanol–water partition coefficient (Wildman–Crippen LogP) is -1.63. The number of piperazine rings is 1. The third-order valence-electron chi connectivity index (χ3n) is 2.54. The van der Waals surface area contributed by atoms with Crippen molar-refractivity contribution < 1.29 is 13.2 Å². The zero-order chi connectivity index (χ0) is 12.2. The smallest absolute Gasteiger partial charge is 0.277 e. The van der Waals surface area contributed by atoms with Crippen LogP contribution in [0, 0.1) is 0 Å². The van der Waals surface area contributed by atoms with Gasteiger partial charge in [-0.3, -0.25) is 4.79 Å². The van der Waals surface area contributed by atoms with Crippen LogP contribution in [-0.2, 0) is 15.0 Å². The zero-order valence-electron chi connectivity index (χ0n) is 9.76. The van der Waals surface area contributed by atoms with Crippen LogP contribution >= 0.6 is 12.4 Å². The maximum absolute atomic E-state index is 11.6. The third-order valence-corrected chi connectivity index (χ3v) is 3.63. The fourth-order valence-corrected chi connectivity index (χ4v) is 2.25. The minimum atomic E-state index is -3.61. The Balaban J connectivity index is 0.00000256. The SMILES string of the molecule is CNCCC(=O)N1CCN(S(N)(=O)=O)CC1.Cl. The molecule has 1 amide bonds. The molecule has 1 aliphatic heterocycles. The summed E-state index contributed by atoms with van der Waals surface area (Å²) < 4.78 is 23.2. The first-order chi connectivity index (χ1) is 7.45. The van der Waals surface area contributed by atoms with E-state index in [0.29, 0.717) is 26.1 Å². The second-order valence-electron chi connectivity index (χ2n) is 3.68. The van der Waals surface area contributed by atoms with Crippen LogP contribution < -0.4 is 10.5 Å². The Morgan fingerprint density at radius 3 is 2.24 bits per heavy atom. The van der Waals surface area contributed by atoms with E-state index >= 15 is 0 Å². The van der Waals surface area contributed by atoms with Gasteiger partial charge < -0.3 is 10.2 Å². The van der Waals surface area contributed by atoms with Gasteiger partial charge in [-0.05, 0) is 7.05 Å². The molecular weight excluding hydrogens is 268 g/mol. The van der Waals surface area contributed by atoms with Crippen LogP contribution in [0.5, 0.6) is 0 Å². The molecular formula is C8H19ClN4O3S. The molecule has 0 spiro atoms. The molecule has 102 valence electrons. The van der Waals surface area contributed by atoms with Crippen molar-refractivity contribution in [1.29, 1.82) is 0 Å². The van der Waals surface area contributed by atoms with Crippen molar-refractivity contribution in [2.75, 3.05) is 39.8 Å². The summed E-state index contributed by atoms with van der Waals surface area (Å²) in [6.07, 6.45) is 0.436. The maximum atomic E-state index is 11.6. The van der Waals surface area contributed by atoms with Crippen LogP contribution in [0.1, 0.15) is 6.42 Å². The maximum Gasteiger partial charge on any atom is 0.277 e. The van der Waals surface area contributed by atoms with Crippen molar-refractivity contribution in [3.8, 4) is 0 Å².